The number of fused-ring (bicyclic) bond motifs is 1. The van der Waals surface area contributed by atoms with E-state index < -0.39 is 0 Å². The lowest BCUT2D eigenvalue weighted by atomic mass is 9.86. The molecule has 1 fully saturated rings. The van der Waals surface area contributed by atoms with Gasteiger partial charge in [-0.25, -0.2) is 14.6 Å². The second kappa shape index (κ2) is 11.6. The number of hydrogen-bond acceptors (Lipinski definition) is 5. The first-order chi connectivity index (χ1) is 19.1. The van der Waals surface area contributed by atoms with Crippen LogP contribution in [0, 0.1) is 5.92 Å². The molecule has 0 saturated carbocycles. The summed E-state index contributed by atoms with van der Waals surface area (Å²) in [5.74, 6) is 2.34. The largest absolute Gasteiger partial charge is 0.354 e. The molecule has 0 bridgehead atoms. The van der Waals surface area contributed by atoms with Gasteiger partial charge in [-0.05, 0) is 60.1 Å². The number of carbonyl (C=O) groups excluding carboxylic acids is 1. The molecule has 1 aliphatic heterocycles. The minimum Gasteiger partial charge on any atom is -0.354 e. The quantitative estimate of drug-likeness (QED) is 0.263. The number of anilines is 1. The van der Waals surface area contributed by atoms with E-state index in [0.717, 1.165) is 59.7 Å². The Balaban J connectivity index is 1.42. The molecule has 40 heavy (non-hydrogen) atoms. The van der Waals surface area contributed by atoms with Gasteiger partial charge in [0.25, 0.3) is 5.91 Å². The van der Waals surface area contributed by atoms with Crippen LogP contribution in [0.4, 0.5) is 5.82 Å². The zero-order chi connectivity index (χ0) is 28.4. The smallest absolute Gasteiger partial charge is 0.253 e. The van der Waals surface area contributed by atoms with Crippen LogP contribution in [-0.2, 0) is 11.8 Å². The van der Waals surface area contributed by atoms with Crippen molar-refractivity contribution in [2.75, 3.05) is 31.1 Å². The lowest BCUT2D eigenvalue weighted by Crippen LogP contribution is -2.35. The van der Waals surface area contributed by atoms with E-state index in [-0.39, 0.29) is 11.3 Å². The third-order valence-corrected chi connectivity index (χ3v) is 7.77. The second-order valence-corrected chi connectivity index (χ2v) is 12.6. The fourth-order valence-corrected chi connectivity index (χ4v) is 5.32. The van der Waals surface area contributed by atoms with Crippen molar-refractivity contribution in [1.82, 2.24) is 24.6 Å². The Hall–Kier alpha value is -3.45. The third kappa shape index (κ3) is 6.15. The highest BCUT2D eigenvalue weighted by atomic mass is 35.5. The van der Waals surface area contributed by atoms with Crippen LogP contribution in [0.2, 0.25) is 5.02 Å². The molecule has 0 aliphatic carbocycles. The standard InChI is InChI=1S/C32H39ClN6O/c1-22(2)10-15-28-35-29(27-21-34-39(30(27)36-28)26-9-6-8-25(33)20-26)37-16-7-17-38(19-18-37)31(40)23-11-13-24(14-12-23)32(3,4)5/h6,8-9,11-14,20-22H,7,10,15-19H2,1-5H3. The second-order valence-electron chi connectivity index (χ2n) is 12.1. The molecule has 2 aromatic carbocycles. The van der Waals surface area contributed by atoms with Crippen molar-refractivity contribution in [2.45, 2.75) is 59.3 Å². The maximum atomic E-state index is 13.4. The van der Waals surface area contributed by atoms with Gasteiger partial charge in [0.1, 0.15) is 11.6 Å². The monoisotopic (exact) mass is 558 g/mol. The summed E-state index contributed by atoms with van der Waals surface area (Å²) >= 11 is 6.30. The average Bonchev–Trinajstić information content (AvgIpc) is 3.20. The summed E-state index contributed by atoms with van der Waals surface area (Å²) < 4.78 is 1.85. The zero-order valence-corrected chi connectivity index (χ0v) is 24.9. The fraction of sp³-hybridized carbons (Fsp3) is 0.438. The summed E-state index contributed by atoms with van der Waals surface area (Å²) in [7, 11) is 0. The Kier molecular flexibility index (Phi) is 8.13. The van der Waals surface area contributed by atoms with Crippen LogP contribution in [-0.4, -0.2) is 56.7 Å². The van der Waals surface area contributed by atoms with E-state index in [1.807, 2.05) is 52.2 Å². The summed E-state index contributed by atoms with van der Waals surface area (Å²) in [5, 5.41) is 6.26. The van der Waals surface area contributed by atoms with E-state index >= 15 is 0 Å². The molecule has 4 aromatic rings. The molecule has 7 nitrogen and oxygen atoms in total. The summed E-state index contributed by atoms with van der Waals surface area (Å²) in [5.41, 5.74) is 3.67. The first-order valence-electron chi connectivity index (χ1n) is 14.3. The minimum absolute atomic E-state index is 0.0577. The lowest BCUT2D eigenvalue weighted by molar-refractivity contribution is 0.0767. The van der Waals surface area contributed by atoms with Crippen molar-refractivity contribution in [3.05, 3.63) is 76.7 Å². The first kappa shape index (κ1) is 28.1. The molecular weight excluding hydrogens is 520 g/mol. The molecule has 0 N–H and O–H groups in total. The molecule has 0 spiro atoms. The molecule has 210 valence electrons. The number of nitrogens with zero attached hydrogens (tertiary/aromatic N) is 6. The zero-order valence-electron chi connectivity index (χ0n) is 24.2. The van der Waals surface area contributed by atoms with Gasteiger partial charge in [0, 0.05) is 43.2 Å². The SMILES string of the molecule is CC(C)CCc1nc(N2CCCN(C(=O)c3ccc(C(C)(C)C)cc3)CC2)c2cnn(-c3cccc(Cl)c3)c2n1. The molecule has 2 aromatic heterocycles. The van der Waals surface area contributed by atoms with E-state index in [2.05, 4.69) is 51.7 Å². The molecule has 0 radical (unpaired) electrons. The summed E-state index contributed by atoms with van der Waals surface area (Å²) in [6.45, 7) is 13.8. The Morgan fingerprint density at radius 1 is 1.00 bits per heavy atom. The fourth-order valence-electron chi connectivity index (χ4n) is 5.13. The molecule has 1 saturated heterocycles. The number of benzene rings is 2. The molecule has 1 aliphatic rings. The highest BCUT2D eigenvalue weighted by molar-refractivity contribution is 6.30. The summed E-state index contributed by atoms with van der Waals surface area (Å²) in [4.78, 5) is 27.7. The van der Waals surface area contributed by atoms with Crippen molar-refractivity contribution < 1.29 is 4.79 Å². The van der Waals surface area contributed by atoms with Gasteiger partial charge < -0.3 is 9.80 Å². The van der Waals surface area contributed by atoms with Gasteiger partial charge in [0.15, 0.2) is 5.65 Å². The minimum atomic E-state index is 0.0577. The number of rotatable bonds is 6. The number of amides is 1. The topological polar surface area (TPSA) is 67.2 Å². The van der Waals surface area contributed by atoms with Crippen LogP contribution in [0.25, 0.3) is 16.7 Å². The van der Waals surface area contributed by atoms with Crippen molar-refractivity contribution in [3.8, 4) is 5.69 Å². The van der Waals surface area contributed by atoms with E-state index in [4.69, 9.17) is 26.7 Å². The van der Waals surface area contributed by atoms with Crippen molar-refractivity contribution in [3.63, 3.8) is 0 Å². The Bertz CT molecular complexity index is 1490. The molecule has 1 amide bonds. The van der Waals surface area contributed by atoms with Crippen molar-refractivity contribution >= 4 is 34.4 Å². The highest BCUT2D eigenvalue weighted by Gasteiger charge is 2.25. The number of halogens is 1. The number of carbonyl (C=O) groups is 1. The Morgan fingerprint density at radius 3 is 2.48 bits per heavy atom. The van der Waals surface area contributed by atoms with Crippen molar-refractivity contribution in [2.24, 2.45) is 5.92 Å². The molecule has 0 atom stereocenters. The van der Waals surface area contributed by atoms with E-state index in [1.165, 1.54) is 5.56 Å². The van der Waals surface area contributed by atoms with Crippen LogP contribution in [0.1, 0.15) is 69.2 Å². The Morgan fingerprint density at radius 2 is 1.77 bits per heavy atom. The molecular formula is C32H39ClN6O. The maximum Gasteiger partial charge on any atom is 0.253 e. The first-order valence-corrected chi connectivity index (χ1v) is 14.6. The normalized spacial score (nSPS) is 14.7. The molecule has 8 heteroatoms. The number of aromatic nitrogens is 4. The number of aryl methyl sites for hydroxylation is 1. The van der Waals surface area contributed by atoms with E-state index in [0.29, 0.717) is 30.6 Å². The van der Waals surface area contributed by atoms with Crippen LogP contribution in [0.15, 0.2) is 54.7 Å². The van der Waals surface area contributed by atoms with Crippen molar-refractivity contribution in [1.29, 1.82) is 0 Å². The van der Waals surface area contributed by atoms with Gasteiger partial charge >= 0.3 is 0 Å². The van der Waals surface area contributed by atoms with Crippen LogP contribution in [0.3, 0.4) is 0 Å². The van der Waals surface area contributed by atoms with Gasteiger partial charge in [-0.1, -0.05) is 64.4 Å². The average molecular weight is 559 g/mol. The maximum absolute atomic E-state index is 13.4. The molecule has 0 unspecified atom stereocenters. The van der Waals surface area contributed by atoms with Gasteiger partial charge in [0.05, 0.1) is 17.3 Å². The molecule has 3 heterocycles. The lowest BCUT2D eigenvalue weighted by Gasteiger charge is -2.24. The Labute approximate surface area is 242 Å². The van der Waals surface area contributed by atoms with Gasteiger partial charge in [0.2, 0.25) is 0 Å². The van der Waals surface area contributed by atoms with E-state index in [9.17, 15) is 4.79 Å². The van der Waals surface area contributed by atoms with Crippen LogP contribution in [0.5, 0.6) is 0 Å². The van der Waals surface area contributed by atoms with Gasteiger partial charge in [-0.15, -0.1) is 0 Å². The third-order valence-electron chi connectivity index (χ3n) is 7.53. The molecule has 5 rings (SSSR count). The summed E-state index contributed by atoms with van der Waals surface area (Å²) in [6.07, 6.45) is 4.51. The highest BCUT2D eigenvalue weighted by Crippen LogP contribution is 2.28. The van der Waals surface area contributed by atoms with Gasteiger partial charge in [-0.2, -0.15) is 5.10 Å². The summed E-state index contributed by atoms with van der Waals surface area (Å²) in [6, 6.07) is 15.7. The predicted molar refractivity (Wildman–Crippen MR) is 163 cm³/mol. The number of hydrogen-bond donors (Lipinski definition) is 0. The van der Waals surface area contributed by atoms with Gasteiger partial charge in [-0.3, -0.25) is 4.79 Å². The van der Waals surface area contributed by atoms with Crippen LogP contribution >= 0.6 is 11.6 Å². The van der Waals surface area contributed by atoms with E-state index in [1.54, 1.807) is 0 Å². The van der Waals surface area contributed by atoms with Crippen LogP contribution < -0.4 is 4.90 Å². The predicted octanol–water partition coefficient (Wildman–Crippen LogP) is 6.71.